The standard InChI is InChI=1S/C19H23ClO7S/c1-26-9-19(17(25)16(24)15(23)13(8-21)27-19)14-7-11(18(20)28-14)6-10-2-4-12(22)5-3-10/h2-5,7,13,15-17,21-25H,6,8-9H2,1H3. The summed E-state index contributed by atoms with van der Waals surface area (Å²) in [6.45, 7) is -0.639. The lowest BCUT2D eigenvalue weighted by Crippen LogP contribution is -2.64. The summed E-state index contributed by atoms with van der Waals surface area (Å²) >= 11 is 7.60. The van der Waals surface area contributed by atoms with E-state index in [0.717, 1.165) is 11.1 Å². The molecule has 9 heteroatoms. The van der Waals surface area contributed by atoms with Crippen molar-refractivity contribution in [3.05, 3.63) is 50.7 Å². The van der Waals surface area contributed by atoms with Crippen molar-refractivity contribution in [1.82, 2.24) is 0 Å². The van der Waals surface area contributed by atoms with Crippen LogP contribution in [0.5, 0.6) is 5.75 Å². The number of ether oxygens (including phenoxy) is 2. The van der Waals surface area contributed by atoms with Crippen LogP contribution in [0.3, 0.4) is 0 Å². The summed E-state index contributed by atoms with van der Waals surface area (Å²) in [5, 5.41) is 50.0. The molecule has 154 valence electrons. The minimum absolute atomic E-state index is 0.107. The molecule has 0 bridgehead atoms. The molecular weight excluding hydrogens is 408 g/mol. The van der Waals surface area contributed by atoms with Crippen LogP contribution in [-0.2, 0) is 21.5 Å². The maximum absolute atomic E-state index is 10.7. The van der Waals surface area contributed by atoms with Crippen molar-refractivity contribution in [3.63, 3.8) is 0 Å². The molecule has 3 rings (SSSR count). The molecule has 2 aromatic rings. The highest BCUT2D eigenvalue weighted by molar-refractivity contribution is 7.16. The number of aliphatic hydroxyl groups excluding tert-OH is 4. The maximum Gasteiger partial charge on any atom is 0.154 e. The molecular formula is C19H23ClO7S. The fraction of sp³-hybridized carbons (Fsp3) is 0.474. The van der Waals surface area contributed by atoms with Gasteiger partial charge in [0.2, 0.25) is 0 Å². The first-order valence-corrected chi connectivity index (χ1v) is 9.90. The summed E-state index contributed by atoms with van der Waals surface area (Å²) in [5.74, 6) is 0.168. The Morgan fingerprint density at radius 2 is 1.86 bits per heavy atom. The Morgan fingerprint density at radius 1 is 1.18 bits per heavy atom. The lowest BCUT2D eigenvalue weighted by Gasteiger charge is -2.47. The van der Waals surface area contributed by atoms with E-state index in [4.69, 9.17) is 21.1 Å². The van der Waals surface area contributed by atoms with Crippen LogP contribution in [-0.4, -0.2) is 70.3 Å². The minimum Gasteiger partial charge on any atom is -0.508 e. The quantitative estimate of drug-likeness (QED) is 0.464. The number of methoxy groups -OCH3 is 1. The molecule has 1 aromatic heterocycles. The molecule has 1 aromatic carbocycles. The second-order valence-corrected chi connectivity index (χ2v) is 8.49. The third kappa shape index (κ3) is 3.92. The Bertz CT molecular complexity index is 794. The van der Waals surface area contributed by atoms with Gasteiger partial charge in [0, 0.05) is 12.0 Å². The molecule has 0 aliphatic carbocycles. The molecule has 2 heterocycles. The van der Waals surface area contributed by atoms with Gasteiger partial charge in [-0.3, -0.25) is 0 Å². The topological polar surface area (TPSA) is 120 Å². The zero-order chi connectivity index (χ0) is 20.5. The van der Waals surface area contributed by atoms with E-state index in [2.05, 4.69) is 0 Å². The van der Waals surface area contributed by atoms with Crippen LogP contribution in [0, 0.1) is 0 Å². The van der Waals surface area contributed by atoms with Crippen LogP contribution in [0.1, 0.15) is 16.0 Å². The minimum atomic E-state index is -1.53. The SMILES string of the molecule is COCC1(c2cc(Cc3ccc(O)cc3)c(Cl)s2)OC(CO)C(O)C(O)C1O. The molecule has 5 N–H and O–H groups in total. The number of aromatic hydroxyl groups is 1. The fourth-order valence-electron chi connectivity index (χ4n) is 3.42. The molecule has 7 nitrogen and oxygen atoms in total. The summed E-state index contributed by atoms with van der Waals surface area (Å²) in [6, 6.07) is 8.49. The summed E-state index contributed by atoms with van der Waals surface area (Å²) in [5.41, 5.74) is 0.223. The van der Waals surface area contributed by atoms with Gasteiger partial charge in [0.25, 0.3) is 0 Å². The third-order valence-electron chi connectivity index (χ3n) is 4.94. The number of thiophene rings is 1. The van der Waals surface area contributed by atoms with Gasteiger partial charge >= 0.3 is 0 Å². The fourth-order valence-corrected chi connectivity index (χ4v) is 4.84. The first-order valence-electron chi connectivity index (χ1n) is 8.70. The van der Waals surface area contributed by atoms with Gasteiger partial charge in [-0.1, -0.05) is 23.7 Å². The van der Waals surface area contributed by atoms with E-state index in [-0.39, 0.29) is 12.4 Å². The molecule has 5 atom stereocenters. The number of phenols is 1. The molecule has 1 fully saturated rings. The van der Waals surface area contributed by atoms with Gasteiger partial charge in [0.05, 0.1) is 17.6 Å². The number of benzene rings is 1. The lowest BCUT2D eigenvalue weighted by molar-refractivity contribution is -0.289. The molecule has 0 radical (unpaired) electrons. The maximum atomic E-state index is 10.7. The van der Waals surface area contributed by atoms with E-state index >= 15 is 0 Å². The Balaban J connectivity index is 1.97. The summed E-state index contributed by atoms with van der Waals surface area (Å²) in [7, 11) is 1.43. The van der Waals surface area contributed by atoms with Crippen molar-refractivity contribution >= 4 is 22.9 Å². The van der Waals surface area contributed by atoms with E-state index in [1.165, 1.54) is 18.4 Å². The largest absolute Gasteiger partial charge is 0.508 e. The first-order chi connectivity index (χ1) is 13.3. The van der Waals surface area contributed by atoms with Crippen molar-refractivity contribution < 1.29 is 35.0 Å². The van der Waals surface area contributed by atoms with Crippen molar-refractivity contribution in [2.45, 2.75) is 36.4 Å². The van der Waals surface area contributed by atoms with E-state index in [1.807, 2.05) is 0 Å². The molecule has 1 aliphatic heterocycles. The zero-order valence-electron chi connectivity index (χ0n) is 15.2. The summed E-state index contributed by atoms with van der Waals surface area (Å²) in [6.07, 6.45) is -5.04. The van der Waals surface area contributed by atoms with Crippen LogP contribution in [0.4, 0.5) is 0 Å². The molecule has 1 saturated heterocycles. The normalized spacial score (nSPS) is 30.5. The highest BCUT2D eigenvalue weighted by atomic mass is 35.5. The van der Waals surface area contributed by atoms with Gasteiger partial charge in [-0.05, 0) is 35.7 Å². The van der Waals surface area contributed by atoms with Crippen LogP contribution in [0.2, 0.25) is 4.34 Å². The highest BCUT2D eigenvalue weighted by Gasteiger charge is 2.55. The summed E-state index contributed by atoms with van der Waals surface area (Å²) in [4.78, 5) is 0.519. The van der Waals surface area contributed by atoms with Gasteiger partial charge in [-0.25, -0.2) is 0 Å². The average Bonchev–Trinajstić information content (AvgIpc) is 3.05. The van der Waals surface area contributed by atoms with E-state index < -0.39 is 36.6 Å². The number of rotatable bonds is 6. The zero-order valence-corrected chi connectivity index (χ0v) is 16.7. The Hall–Kier alpha value is -1.23. The number of halogens is 1. The second kappa shape index (κ2) is 8.64. The molecule has 0 spiro atoms. The van der Waals surface area contributed by atoms with Gasteiger partial charge in [-0.2, -0.15) is 0 Å². The molecule has 0 amide bonds. The van der Waals surface area contributed by atoms with Gasteiger partial charge in [-0.15, -0.1) is 11.3 Å². The predicted octanol–water partition coefficient (Wildman–Crippen LogP) is 1.01. The van der Waals surface area contributed by atoms with Gasteiger partial charge in [0.1, 0.15) is 30.2 Å². The monoisotopic (exact) mass is 430 g/mol. The second-order valence-electron chi connectivity index (χ2n) is 6.84. The van der Waals surface area contributed by atoms with Crippen molar-refractivity contribution in [3.8, 4) is 5.75 Å². The first kappa shape index (κ1) is 21.5. The van der Waals surface area contributed by atoms with Crippen LogP contribution < -0.4 is 0 Å². The average molecular weight is 431 g/mol. The van der Waals surface area contributed by atoms with E-state index in [0.29, 0.717) is 15.6 Å². The van der Waals surface area contributed by atoms with Crippen LogP contribution in [0.25, 0.3) is 0 Å². The molecule has 5 unspecified atom stereocenters. The Labute approximate surface area is 171 Å². The van der Waals surface area contributed by atoms with Crippen LogP contribution >= 0.6 is 22.9 Å². The molecule has 0 saturated carbocycles. The van der Waals surface area contributed by atoms with Gasteiger partial charge < -0.3 is 35.0 Å². The van der Waals surface area contributed by atoms with E-state index in [1.54, 1.807) is 30.3 Å². The third-order valence-corrected chi connectivity index (χ3v) is 6.54. The van der Waals surface area contributed by atoms with Crippen molar-refractivity contribution in [2.75, 3.05) is 20.3 Å². The van der Waals surface area contributed by atoms with Crippen molar-refractivity contribution in [2.24, 2.45) is 0 Å². The molecule has 1 aliphatic rings. The number of hydrogen-bond acceptors (Lipinski definition) is 8. The van der Waals surface area contributed by atoms with Crippen molar-refractivity contribution in [1.29, 1.82) is 0 Å². The highest BCUT2D eigenvalue weighted by Crippen LogP contribution is 2.44. The smallest absolute Gasteiger partial charge is 0.154 e. The predicted molar refractivity (Wildman–Crippen MR) is 104 cm³/mol. The molecule has 28 heavy (non-hydrogen) atoms. The van der Waals surface area contributed by atoms with E-state index in [9.17, 15) is 25.5 Å². The lowest BCUT2D eigenvalue weighted by atomic mass is 9.83. The number of aliphatic hydroxyl groups is 4. The van der Waals surface area contributed by atoms with Crippen LogP contribution in [0.15, 0.2) is 30.3 Å². The Morgan fingerprint density at radius 3 is 2.46 bits per heavy atom. The number of phenolic OH excluding ortho intramolecular Hbond substituents is 1. The number of hydrogen-bond donors (Lipinski definition) is 5. The summed E-state index contributed by atoms with van der Waals surface area (Å²) < 4.78 is 11.6. The van der Waals surface area contributed by atoms with Gasteiger partial charge in [0.15, 0.2) is 5.60 Å². The Kier molecular flexibility index (Phi) is 6.63.